The number of furan rings is 1. The topological polar surface area (TPSA) is 37.6 Å². The summed E-state index contributed by atoms with van der Waals surface area (Å²) >= 11 is 0. The van der Waals surface area contributed by atoms with Gasteiger partial charge in [0, 0.05) is 12.6 Å². The monoisotopic (exact) mass is 252 g/mol. The molecule has 0 aliphatic carbocycles. The highest BCUT2D eigenvalue weighted by molar-refractivity contribution is 5.20. The molecule has 4 nitrogen and oxygen atoms in total. The standard InChI is InChI=1S/C14H24N2O2/c1-10-5-13(18-14(10)6-15-4)8-16-7-12(3)17-9-11(16)2/h5,11-12,15H,6-9H2,1-4H3. The summed E-state index contributed by atoms with van der Waals surface area (Å²) in [5.41, 5.74) is 1.23. The summed E-state index contributed by atoms with van der Waals surface area (Å²) in [6, 6.07) is 2.61. The van der Waals surface area contributed by atoms with Gasteiger partial charge in [0.05, 0.1) is 25.8 Å². The van der Waals surface area contributed by atoms with Crippen LogP contribution in [0.2, 0.25) is 0 Å². The van der Waals surface area contributed by atoms with E-state index in [-0.39, 0.29) is 0 Å². The lowest BCUT2D eigenvalue weighted by molar-refractivity contribution is -0.0546. The van der Waals surface area contributed by atoms with Crippen molar-refractivity contribution in [2.45, 2.75) is 46.0 Å². The van der Waals surface area contributed by atoms with Crippen molar-refractivity contribution in [3.05, 3.63) is 23.2 Å². The van der Waals surface area contributed by atoms with Crippen LogP contribution in [0, 0.1) is 6.92 Å². The number of ether oxygens (including phenoxy) is 1. The maximum Gasteiger partial charge on any atom is 0.120 e. The molecule has 0 saturated carbocycles. The van der Waals surface area contributed by atoms with E-state index < -0.39 is 0 Å². The van der Waals surface area contributed by atoms with Crippen LogP contribution in [-0.4, -0.2) is 37.2 Å². The van der Waals surface area contributed by atoms with Crippen LogP contribution in [0.25, 0.3) is 0 Å². The average Bonchev–Trinajstić information content (AvgIpc) is 2.65. The highest BCUT2D eigenvalue weighted by atomic mass is 16.5. The van der Waals surface area contributed by atoms with Gasteiger partial charge < -0.3 is 14.5 Å². The molecule has 4 heteroatoms. The zero-order chi connectivity index (χ0) is 13.1. The fourth-order valence-electron chi connectivity index (χ4n) is 2.40. The lowest BCUT2D eigenvalue weighted by Crippen LogP contribution is -2.46. The van der Waals surface area contributed by atoms with E-state index in [0.717, 1.165) is 37.8 Å². The molecule has 1 aliphatic rings. The Morgan fingerprint density at radius 3 is 2.94 bits per heavy atom. The lowest BCUT2D eigenvalue weighted by Gasteiger charge is -2.36. The van der Waals surface area contributed by atoms with Crippen molar-refractivity contribution < 1.29 is 9.15 Å². The minimum atomic E-state index is 0.314. The van der Waals surface area contributed by atoms with Gasteiger partial charge in [-0.2, -0.15) is 0 Å². The number of nitrogens with zero attached hydrogens (tertiary/aromatic N) is 1. The molecule has 1 aliphatic heterocycles. The van der Waals surface area contributed by atoms with Crippen molar-refractivity contribution >= 4 is 0 Å². The molecule has 2 rings (SSSR count). The molecule has 1 fully saturated rings. The second-order valence-corrected chi connectivity index (χ2v) is 5.27. The first-order chi connectivity index (χ1) is 8.60. The molecular weight excluding hydrogens is 228 g/mol. The molecule has 0 amide bonds. The number of hydrogen-bond acceptors (Lipinski definition) is 4. The Bertz CT molecular complexity index is 389. The van der Waals surface area contributed by atoms with Crippen molar-refractivity contribution in [1.29, 1.82) is 0 Å². The second-order valence-electron chi connectivity index (χ2n) is 5.27. The molecule has 0 bridgehead atoms. The molecule has 1 saturated heterocycles. The zero-order valence-corrected chi connectivity index (χ0v) is 11.8. The number of aryl methyl sites for hydroxylation is 1. The van der Waals surface area contributed by atoms with E-state index in [1.165, 1.54) is 5.56 Å². The summed E-state index contributed by atoms with van der Waals surface area (Å²) in [5.74, 6) is 2.10. The van der Waals surface area contributed by atoms with Crippen molar-refractivity contribution in [3.8, 4) is 0 Å². The Balaban J connectivity index is 2.01. The van der Waals surface area contributed by atoms with Crippen LogP contribution in [-0.2, 0) is 17.8 Å². The van der Waals surface area contributed by atoms with Gasteiger partial charge in [0.1, 0.15) is 11.5 Å². The predicted molar refractivity (Wildman–Crippen MR) is 71.5 cm³/mol. The van der Waals surface area contributed by atoms with Crippen LogP contribution in [0.1, 0.15) is 30.9 Å². The molecule has 18 heavy (non-hydrogen) atoms. The third-order valence-electron chi connectivity index (χ3n) is 3.50. The van der Waals surface area contributed by atoms with Gasteiger partial charge >= 0.3 is 0 Å². The average molecular weight is 252 g/mol. The largest absolute Gasteiger partial charge is 0.463 e. The molecule has 1 aromatic heterocycles. The Morgan fingerprint density at radius 1 is 1.44 bits per heavy atom. The fraction of sp³-hybridized carbons (Fsp3) is 0.714. The number of morpholine rings is 1. The van der Waals surface area contributed by atoms with Gasteiger partial charge in [0.25, 0.3) is 0 Å². The molecule has 2 unspecified atom stereocenters. The first-order valence-electron chi connectivity index (χ1n) is 6.68. The van der Waals surface area contributed by atoms with Crippen LogP contribution >= 0.6 is 0 Å². The summed E-state index contributed by atoms with van der Waals surface area (Å²) in [4.78, 5) is 2.43. The smallest absolute Gasteiger partial charge is 0.120 e. The maximum absolute atomic E-state index is 5.90. The third-order valence-corrected chi connectivity index (χ3v) is 3.50. The fourth-order valence-corrected chi connectivity index (χ4v) is 2.40. The van der Waals surface area contributed by atoms with Crippen LogP contribution in [0.5, 0.6) is 0 Å². The predicted octanol–water partition coefficient (Wildman–Crippen LogP) is 1.92. The maximum atomic E-state index is 5.90. The second kappa shape index (κ2) is 5.87. The molecule has 1 aromatic rings. The SMILES string of the molecule is CNCc1oc(CN2CC(C)OCC2C)cc1C. The Labute approximate surface area is 109 Å². The highest BCUT2D eigenvalue weighted by Crippen LogP contribution is 2.19. The van der Waals surface area contributed by atoms with Crippen LogP contribution in [0.15, 0.2) is 10.5 Å². The van der Waals surface area contributed by atoms with E-state index in [9.17, 15) is 0 Å². The number of hydrogen-bond donors (Lipinski definition) is 1. The van der Waals surface area contributed by atoms with Gasteiger partial charge in [-0.3, -0.25) is 4.90 Å². The lowest BCUT2D eigenvalue weighted by atomic mass is 10.2. The van der Waals surface area contributed by atoms with E-state index in [0.29, 0.717) is 12.1 Å². The van der Waals surface area contributed by atoms with Gasteiger partial charge in [-0.25, -0.2) is 0 Å². The molecule has 0 radical (unpaired) electrons. The van der Waals surface area contributed by atoms with Gasteiger partial charge in [-0.15, -0.1) is 0 Å². The zero-order valence-electron chi connectivity index (χ0n) is 11.8. The minimum Gasteiger partial charge on any atom is -0.463 e. The van der Waals surface area contributed by atoms with Gasteiger partial charge in [0.2, 0.25) is 0 Å². The van der Waals surface area contributed by atoms with Crippen molar-refractivity contribution in [2.24, 2.45) is 0 Å². The first kappa shape index (κ1) is 13.6. The summed E-state index contributed by atoms with van der Waals surface area (Å²) < 4.78 is 11.5. The molecule has 2 atom stereocenters. The minimum absolute atomic E-state index is 0.314. The summed E-state index contributed by atoms with van der Waals surface area (Å²) in [5, 5.41) is 3.13. The first-order valence-corrected chi connectivity index (χ1v) is 6.68. The van der Waals surface area contributed by atoms with E-state index in [2.05, 4.69) is 37.1 Å². The van der Waals surface area contributed by atoms with Crippen LogP contribution in [0.4, 0.5) is 0 Å². The van der Waals surface area contributed by atoms with E-state index >= 15 is 0 Å². The number of rotatable bonds is 4. The molecule has 0 aromatic carbocycles. The molecule has 0 spiro atoms. The normalized spacial score (nSPS) is 25.6. The Kier molecular flexibility index (Phi) is 4.43. The summed E-state index contributed by atoms with van der Waals surface area (Å²) in [6.45, 7) is 9.88. The van der Waals surface area contributed by atoms with E-state index in [4.69, 9.17) is 9.15 Å². The molecular formula is C14H24N2O2. The van der Waals surface area contributed by atoms with E-state index in [1.807, 2.05) is 7.05 Å². The number of nitrogens with one attached hydrogen (secondary N) is 1. The van der Waals surface area contributed by atoms with Gasteiger partial charge in [-0.1, -0.05) is 0 Å². The van der Waals surface area contributed by atoms with Crippen LogP contribution < -0.4 is 5.32 Å². The molecule has 1 N–H and O–H groups in total. The van der Waals surface area contributed by atoms with Crippen molar-refractivity contribution in [1.82, 2.24) is 10.2 Å². The molecule has 102 valence electrons. The summed E-state index contributed by atoms with van der Waals surface area (Å²) in [6.07, 6.45) is 0.314. The Morgan fingerprint density at radius 2 is 2.22 bits per heavy atom. The third kappa shape index (κ3) is 3.13. The molecule has 2 heterocycles. The van der Waals surface area contributed by atoms with Crippen molar-refractivity contribution in [3.63, 3.8) is 0 Å². The van der Waals surface area contributed by atoms with Crippen molar-refractivity contribution in [2.75, 3.05) is 20.2 Å². The van der Waals surface area contributed by atoms with Gasteiger partial charge in [-0.05, 0) is 39.4 Å². The van der Waals surface area contributed by atoms with Crippen LogP contribution in [0.3, 0.4) is 0 Å². The Hall–Kier alpha value is -0.840. The highest BCUT2D eigenvalue weighted by Gasteiger charge is 2.24. The van der Waals surface area contributed by atoms with E-state index in [1.54, 1.807) is 0 Å². The summed E-state index contributed by atoms with van der Waals surface area (Å²) in [7, 11) is 1.94. The van der Waals surface area contributed by atoms with Gasteiger partial charge in [0.15, 0.2) is 0 Å². The quantitative estimate of drug-likeness (QED) is 0.888.